The summed E-state index contributed by atoms with van der Waals surface area (Å²) in [5.74, 6) is 1.27. The summed E-state index contributed by atoms with van der Waals surface area (Å²) in [6.07, 6.45) is 13.7. The van der Waals surface area contributed by atoms with Gasteiger partial charge in [0.1, 0.15) is 0 Å². The zero-order valence-electron chi connectivity index (χ0n) is 31.5. The average Bonchev–Trinajstić information content (AvgIpc) is 3.18. The van der Waals surface area contributed by atoms with Crippen LogP contribution in [0.5, 0.6) is 0 Å². The Labute approximate surface area is 274 Å². The lowest BCUT2D eigenvalue weighted by Gasteiger charge is -2.61. The van der Waals surface area contributed by atoms with Gasteiger partial charge in [-0.25, -0.2) is 0 Å². The summed E-state index contributed by atoms with van der Waals surface area (Å²) >= 11 is 0. The van der Waals surface area contributed by atoms with E-state index in [0.29, 0.717) is 30.3 Å². The van der Waals surface area contributed by atoms with Gasteiger partial charge in [-0.3, -0.25) is 0 Å². The molecular weight excluding hydrogens is 577 g/mol. The van der Waals surface area contributed by atoms with E-state index >= 15 is 0 Å². The van der Waals surface area contributed by atoms with E-state index in [0.717, 1.165) is 18.8 Å². The summed E-state index contributed by atoms with van der Waals surface area (Å²) in [6.45, 7) is 35.4. The lowest BCUT2D eigenvalue weighted by molar-refractivity contribution is -0.234. The van der Waals surface area contributed by atoms with Crippen molar-refractivity contribution in [3.05, 3.63) is 23.3 Å². The van der Waals surface area contributed by atoms with Crippen molar-refractivity contribution in [2.45, 2.75) is 181 Å². The first-order valence-corrected chi connectivity index (χ1v) is 23.8. The molecule has 0 aromatic rings. The molecule has 0 radical (unpaired) electrons. The van der Waals surface area contributed by atoms with Crippen molar-refractivity contribution >= 4 is 16.6 Å². The first-order chi connectivity index (χ1) is 19.8. The molecule has 44 heavy (non-hydrogen) atoms. The molecule has 3 saturated carbocycles. The average molecular weight is 647 g/mol. The molecule has 0 amide bonds. The Balaban J connectivity index is 1.84. The molecule has 0 aliphatic heterocycles. The molecule has 6 heteroatoms. The van der Waals surface area contributed by atoms with Crippen molar-refractivity contribution in [3.63, 3.8) is 0 Å². The van der Waals surface area contributed by atoms with E-state index in [4.69, 9.17) is 13.6 Å². The van der Waals surface area contributed by atoms with Gasteiger partial charge in [0.25, 0.3) is 0 Å². The molecule has 4 aliphatic rings. The van der Waals surface area contributed by atoms with E-state index in [2.05, 4.69) is 101 Å². The van der Waals surface area contributed by atoms with E-state index in [1.165, 1.54) is 37.7 Å². The van der Waals surface area contributed by atoms with Gasteiger partial charge in [-0.2, -0.15) is 0 Å². The van der Waals surface area contributed by atoms with Gasteiger partial charge in [0.05, 0.1) is 18.3 Å². The summed E-state index contributed by atoms with van der Waals surface area (Å²) < 4.78 is 22.0. The molecule has 4 nitrogen and oxygen atoms in total. The Hall–Kier alpha value is -0.246. The third kappa shape index (κ3) is 6.57. The maximum atomic E-state index is 10.6. The van der Waals surface area contributed by atoms with Crippen LogP contribution < -0.4 is 0 Å². The molecular formula is C38H70O4Si2. The highest BCUT2D eigenvalue weighted by Crippen LogP contribution is 2.67. The van der Waals surface area contributed by atoms with Crippen molar-refractivity contribution in [2.24, 2.45) is 28.6 Å². The minimum absolute atomic E-state index is 0.0109. The maximum Gasteiger partial charge on any atom is 0.195 e. The molecule has 254 valence electrons. The fourth-order valence-electron chi connectivity index (χ4n) is 8.81. The predicted molar refractivity (Wildman–Crippen MR) is 191 cm³/mol. The number of aliphatic hydroxyl groups is 1. The largest absolute Gasteiger partial charge is 0.413 e. The van der Waals surface area contributed by atoms with E-state index in [9.17, 15) is 5.11 Å². The zero-order chi connectivity index (χ0) is 33.4. The molecule has 0 unspecified atom stereocenters. The van der Waals surface area contributed by atoms with Gasteiger partial charge in [0.2, 0.25) is 0 Å². The van der Waals surface area contributed by atoms with Gasteiger partial charge < -0.3 is 18.7 Å². The molecule has 0 bridgehead atoms. The van der Waals surface area contributed by atoms with Crippen LogP contribution in [0.25, 0.3) is 0 Å². The normalized spacial score (nSPS) is 36.7. The number of hydrogen-bond donors (Lipinski definition) is 1. The fourth-order valence-corrected chi connectivity index (χ4v) is 11.7. The van der Waals surface area contributed by atoms with E-state index in [-0.39, 0.29) is 21.6 Å². The molecule has 0 spiro atoms. The Morgan fingerprint density at radius 1 is 0.864 bits per heavy atom. The predicted octanol–water partition coefficient (Wildman–Crippen LogP) is 10.8. The smallest absolute Gasteiger partial charge is 0.195 e. The van der Waals surface area contributed by atoms with Crippen LogP contribution in [0.2, 0.25) is 36.3 Å². The molecule has 0 saturated heterocycles. The topological polar surface area (TPSA) is 47.9 Å². The van der Waals surface area contributed by atoms with Crippen LogP contribution in [0.4, 0.5) is 0 Å². The second-order valence-electron chi connectivity index (χ2n) is 19.4. The first kappa shape index (κ1) is 36.6. The number of ether oxygens (including phenoxy) is 1. The summed E-state index contributed by atoms with van der Waals surface area (Å²) in [4.78, 5) is 0. The second kappa shape index (κ2) is 11.7. The van der Waals surface area contributed by atoms with Crippen LogP contribution in [0.1, 0.15) is 128 Å². The number of hydrogen-bond acceptors (Lipinski definition) is 4. The fraction of sp³-hybridized carbons (Fsp3) is 0.895. The van der Waals surface area contributed by atoms with Crippen molar-refractivity contribution < 1.29 is 18.7 Å². The van der Waals surface area contributed by atoms with Crippen LogP contribution in [0, 0.1) is 28.6 Å². The van der Waals surface area contributed by atoms with Crippen molar-refractivity contribution in [2.75, 3.05) is 6.61 Å². The standard InChI is InChI=1S/C38H70O4Si2/c1-16-27-18-20-30-29-19-17-28-25-38(40-24-23-35(8,9)39,42-44(14,15)34(5,6)7)26-32(41-43(12,13)33(2,3)4)37(28,11)31(29)21-22-36(27,30)10/h17,19,27,30-32,39H,16,18,20-26H2,1-15H3/t27-,30-,31-,32-,36+,37-,38+/m0/s1. The molecule has 4 rings (SSSR count). The zero-order valence-corrected chi connectivity index (χ0v) is 33.5. The van der Waals surface area contributed by atoms with Crippen molar-refractivity contribution in [3.8, 4) is 0 Å². The Morgan fingerprint density at radius 3 is 2.02 bits per heavy atom. The van der Waals surface area contributed by atoms with Crippen LogP contribution >= 0.6 is 0 Å². The van der Waals surface area contributed by atoms with Gasteiger partial charge in [-0.05, 0) is 105 Å². The third-order valence-corrected chi connectivity index (χ3v) is 22.9. The Kier molecular flexibility index (Phi) is 9.74. The molecule has 1 N–H and O–H groups in total. The van der Waals surface area contributed by atoms with Gasteiger partial charge in [0, 0.05) is 18.3 Å². The molecule has 4 aliphatic carbocycles. The quantitative estimate of drug-likeness (QED) is 0.200. The van der Waals surface area contributed by atoms with Crippen LogP contribution in [-0.2, 0) is 13.6 Å². The Morgan fingerprint density at radius 2 is 1.48 bits per heavy atom. The summed E-state index contributed by atoms with van der Waals surface area (Å²) in [7, 11) is -4.35. The highest BCUT2D eigenvalue weighted by atomic mass is 28.4. The van der Waals surface area contributed by atoms with Gasteiger partial charge in [-0.15, -0.1) is 0 Å². The van der Waals surface area contributed by atoms with Gasteiger partial charge in [-0.1, -0.05) is 92.0 Å². The second-order valence-corrected chi connectivity index (χ2v) is 28.9. The molecule has 7 atom stereocenters. The van der Waals surface area contributed by atoms with Crippen molar-refractivity contribution in [1.82, 2.24) is 0 Å². The van der Waals surface area contributed by atoms with Gasteiger partial charge >= 0.3 is 0 Å². The van der Waals surface area contributed by atoms with E-state index in [1.807, 2.05) is 13.8 Å². The number of rotatable bonds is 9. The summed E-state index contributed by atoms with van der Waals surface area (Å²) in [6, 6.07) is 0. The lowest BCUT2D eigenvalue weighted by Crippen LogP contribution is -2.62. The van der Waals surface area contributed by atoms with Crippen LogP contribution in [0.15, 0.2) is 23.3 Å². The molecule has 0 aromatic heterocycles. The summed E-state index contributed by atoms with van der Waals surface area (Å²) in [5, 5.41) is 10.8. The molecule has 0 aromatic carbocycles. The van der Waals surface area contributed by atoms with E-state index < -0.39 is 28.0 Å². The third-order valence-electron chi connectivity index (χ3n) is 13.9. The Bertz CT molecular complexity index is 1120. The molecule has 0 heterocycles. The SMILES string of the molecule is CC[C@H]1CC[C@H]2C3=CC=C4C[C@@](OCCC(C)(C)O)(O[Si](C)(C)C(C)(C)C)C[C@H](O[Si](C)(C)C(C)(C)C)[C@]4(C)[C@H]3CC[C@]12C. The lowest BCUT2D eigenvalue weighted by atomic mass is 9.49. The molecule has 3 fully saturated rings. The van der Waals surface area contributed by atoms with Crippen molar-refractivity contribution in [1.29, 1.82) is 0 Å². The first-order valence-electron chi connectivity index (χ1n) is 18.0. The number of fused-ring (bicyclic) bond motifs is 5. The minimum Gasteiger partial charge on any atom is -0.413 e. The van der Waals surface area contributed by atoms with Crippen LogP contribution in [-0.4, -0.2) is 45.8 Å². The number of allylic oxidation sites excluding steroid dienone is 3. The highest BCUT2D eigenvalue weighted by molar-refractivity contribution is 6.74. The maximum absolute atomic E-state index is 10.6. The van der Waals surface area contributed by atoms with Crippen LogP contribution in [0.3, 0.4) is 0 Å². The summed E-state index contributed by atoms with van der Waals surface area (Å²) in [5.41, 5.74) is 2.73. The highest BCUT2D eigenvalue weighted by Gasteiger charge is 2.63. The monoisotopic (exact) mass is 646 g/mol. The minimum atomic E-state index is -2.21. The van der Waals surface area contributed by atoms with Gasteiger partial charge in [0.15, 0.2) is 22.4 Å². The van der Waals surface area contributed by atoms with E-state index in [1.54, 1.807) is 5.57 Å².